The Kier molecular flexibility index (Phi) is 2.21. The summed E-state index contributed by atoms with van der Waals surface area (Å²) in [7, 11) is 0. The molecule has 0 radical (unpaired) electrons. The molecule has 0 aliphatic heterocycles. The second-order valence-electron chi connectivity index (χ2n) is 5.43. The number of hydrogen-bond acceptors (Lipinski definition) is 2. The zero-order chi connectivity index (χ0) is 12.9. The van der Waals surface area contributed by atoms with Crippen molar-refractivity contribution in [3.05, 3.63) is 41.1 Å². The van der Waals surface area contributed by atoms with E-state index in [2.05, 4.69) is 13.8 Å². The number of carboxylic acids is 1. The molecule has 1 heterocycles. The van der Waals surface area contributed by atoms with Gasteiger partial charge in [-0.25, -0.2) is 4.79 Å². The number of carboxylic acid groups (broad SMARTS) is 1. The van der Waals surface area contributed by atoms with Crippen molar-refractivity contribution < 1.29 is 9.90 Å². The highest BCUT2D eigenvalue weighted by Crippen LogP contribution is 2.48. The molecule has 3 rings (SSSR count). The first-order valence-electron chi connectivity index (χ1n) is 6.15. The van der Waals surface area contributed by atoms with Crippen molar-refractivity contribution in [3.63, 3.8) is 0 Å². The van der Waals surface area contributed by atoms with Crippen molar-refractivity contribution in [1.82, 2.24) is 4.98 Å². The van der Waals surface area contributed by atoms with E-state index in [1.807, 2.05) is 6.07 Å². The lowest BCUT2D eigenvalue weighted by molar-refractivity contribution is 0.0697. The van der Waals surface area contributed by atoms with Crippen LogP contribution in [-0.2, 0) is 5.41 Å². The van der Waals surface area contributed by atoms with E-state index in [1.165, 1.54) is 12.8 Å². The minimum Gasteiger partial charge on any atom is -0.478 e. The van der Waals surface area contributed by atoms with Crippen LogP contribution in [0.5, 0.6) is 0 Å². The molecule has 92 valence electrons. The largest absolute Gasteiger partial charge is 0.478 e. The van der Waals surface area contributed by atoms with Crippen molar-refractivity contribution in [2.45, 2.75) is 32.1 Å². The summed E-state index contributed by atoms with van der Waals surface area (Å²) in [4.78, 5) is 15.7. The summed E-state index contributed by atoms with van der Waals surface area (Å²) in [5.74, 6) is -0.896. The fourth-order valence-electron chi connectivity index (χ4n) is 2.45. The van der Waals surface area contributed by atoms with Crippen LogP contribution in [0.25, 0.3) is 10.9 Å². The molecule has 1 aromatic heterocycles. The monoisotopic (exact) mass is 241 g/mol. The summed E-state index contributed by atoms with van der Waals surface area (Å²) in [6, 6.07) is 7.16. The maximum atomic E-state index is 10.9. The van der Waals surface area contributed by atoms with Gasteiger partial charge in [-0.05, 0) is 49.6 Å². The molecule has 3 nitrogen and oxygen atoms in total. The number of hydrogen-bond donors (Lipinski definition) is 1. The molecular weight excluding hydrogens is 226 g/mol. The molecular formula is C15H15NO2. The van der Waals surface area contributed by atoms with Crippen LogP contribution in [0, 0.1) is 6.92 Å². The fraction of sp³-hybridized carbons (Fsp3) is 0.333. The molecule has 3 heteroatoms. The third kappa shape index (κ3) is 1.67. The molecule has 18 heavy (non-hydrogen) atoms. The Morgan fingerprint density at radius 2 is 2.06 bits per heavy atom. The predicted molar refractivity (Wildman–Crippen MR) is 70.0 cm³/mol. The molecule has 1 N–H and O–H groups in total. The number of nitrogens with zero attached hydrogens (tertiary/aromatic N) is 1. The minimum atomic E-state index is -0.896. The summed E-state index contributed by atoms with van der Waals surface area (Å²) < 4.78 is 0. The van der Waals surface area contributed by atoms with Gasteiger partial charge in [0.25, 0.3) is 0 Å². The quantitative estimate of drug-likeness (QED) is 0.877. The lowest BCUT2D eigenvalue weighted by atomic mass is 9.98. The van der Waals surface area contributed by atoms with Gasteiger partial charge in [-0.2, -0.15) is 0 Å². The lowest BCUT2D eigenvalue weighted by Gasteiger charge is -2.13. The molecule has 0 saturated heterocycles. The SMILES string of the molecule is Cc1cc2cc(C(=O)O)ccc2nc1C1(C)CC1. The normalized spacial score (nSPS) is 16.8. The maximum absolute atomic E-state index is 10.9. The van der Waals surface area contributed by atoms with E-state index in [9.17, 15) is 4.79 Å². The Bertz CT molecular complexity index is 657. The summed E-state index contributed by atoms with van der Waals surface area (Å²) in [5.41, 5.74) is 3.76. The van der Waals surface area contributed by atoms with Gasteiger partial charge in [0.15, 0.2) is 0 Å². The molecule has 1 aliphatic rings. The van der Waals surface area contributed by atoms with Crippen LogP contribution >= 0.6 is 0 Å². The molecule has 2 aromatic rings. The third-order valence-corrected chi connectivity index (χ3v) is 3.82. The van der Waals surface area contributed by atoms with E-state index in [0.717, 1.165) is 22.2 Å². The molecule has 0 bridgehead atoms. The number of carbonyl (C=O) groups is 1. The van der Waals surface area contributed by atoms with E-state index in [4.69, 9.17) is 10.1 Å². The number of fused-ring (bicyclic) bond motifs is 1. The van der Waals surface area contributed by atoms with Gasteiger partial charge in [0.2, 0.25) is 0 Å². The smallest absolute Gasteiger partial charge is 0.335 e. The molecule has 1 fully saturated rings. The molecule has 0 unspecified atom stereocenters. The molecule has 1 aromatic carbocycles. The van der Waals surface area contributed by atoms with Gasteiger partial charge in [-0.3, -0.25) is 4.98 Å². The van der Waals surface area contributed by atoms with Gasteiger partial charge in [-0.15, -0.1) is 0 Å². The van der Waals surface area contributed by atoms with Crippen molar-refractivity contribution in [2.75, 3.05) is 0 Å². The number of rotatable bonds is 2. The van der Waals surface area contributed by atoms with Crippen molar-refractivity contribution in [3.8, 4) is 0 Å². The van der Waals surface area contributed by atoms with E-state index >= 15 is 0 Å². The number of aromatic carboxylic acids is 1. The van der Waals surface area contributed by atoms with Crippen LogP contribution in [0.4, 0.5) is 0 Å². The van der Waals surface area contributed by atoms with E-state index in [0.29, 0.717) is 5.56 Å². The van der Waals surface area contributed by atoms with Crippen molar-refractivity contribution in [1.29, 1.82) is 0 Å². The molecule has 0 amide bonds. The van der Waals surface area contributed by atoms with E-state index in [-0.39, 0.29) is 5.41 Å². The Labute approximate surface area is 105 Å². The number of aromatic nitrogens is 1. The molecule has 0 atom stereocenters. The fourth-order valence-corrected chi connectivity index (χ4v) is 2.45. The highest BCUT2D eigenvalue weighted by atomic mass is 16.4. The summed E-state index contributed by atoms with van der Waals surface area (Å²) >= 11 is 0. The van der Waals surface area contributed by atoms with Gasteiger partial charge in [-0.1, -0.05) is 6.92 Å². The Balaban J connectivity index is 2.19. The first-order valence-corrected chi connectivity index (χ1v) is 6.15. The number of benzene rings is 1. The molecule has 0 spiro atoms. The second kappa shape index (κ2) is 3.55. The van der Waals surface area contributed by atoms with Crippen LogP contribution in [0.2, 0.25) is 0 Å². The minimum absolute atomic E-state index is 0.240. The summed E-state index contributed by atoms with van der Waals surface area (Å²) in [6.45, 7) is 4.29. The van der Waals surface area contributed by atoms with Crippen LogP contribution in [-0.4, -0.2) is 16.1 Å². The van der Waals surface area contributed by atoms with E-state index in [1.54, 1.807) is 18.2 Å². The van der Waals surface area contributed by atoms with Crippen molar-refractivity contribution >= 4 is 16.9 Å². The van der Waals surface area contributed by atoms with Crippen LogP contribution < -0.4 is 0 Å². The summed E-state index contributed by atoms with van der Waals surface area (Å²) in [6.07, 6.45) is 2.39. The molecule has 1 aliphatic carbocycles. The predicted octanol–water partition coefficient (Wildman–Crippen LogP) is 3.29. The maximum Gasteiger partial charge on any atom is 0.335 e. The van der Waals surface area contributed by atoms with Crippen LogP contribution in [0.1, 0.15) is 41.4 Å². The first-order chi connectivity index (χ1) is 8.49. The van der Waals surface area contributed by atoms with Gasteiger partial charge >= 0.3 is 5.97 Å². The van der Waals surface area contributed by atoms with Gasteiger partial charge < -0.3 is 5.11 Å². The zero-order valence-corrected chi connectivity index (χ0v) is 10.5. The van der Waals surface area contributed by atoms with Gasteiger partial charge in [0.1, 0.15) is 0 Å². The van der Waals surface area contributed by atoms with Crippen LogP contribution in [0.3, 0.4) is 0 Å². The lowest BCUT2D eigenvalue weighted by Crippen LogP contribution is -2.06. The Hall–Kier alpha value is -1.90. The topological polar surface area (TPSA) is 50.2 Å². The Morgan fingerprint density at radius 1 is 1.33 bits per heavy atom. The first kappa shape index (κ1) is 11.2. The standard InChI is InChI=1S/C15H15NO2/c1-9-7-11-8-10(14(17)18)3-4-12(11)16-13(9)15(2)5-6-15/h3-4,7-8H,5-6H2,1-2H3,(H,17,18). The van der Waals surface area contributed by atoms with Crippen molar-refractivity contribution in [2.24, 2.45) is 0 Å². The number of aryl methyl sites for hydroxylation is 1. The van der Waals surface area contributed by atoms with Gasteiger partial charge in [0, 0.05) is 16.5 Å². The second-order valence-corrected chi connectivity index (χ2v) is 5.43. The highest BCUT2D eigenvalue weighted by molar-refractivity contribution is 5.93. The Morgan fingerprint density at radius 3 is 2.67 bits per heavy atom. The summed E-state index contributed by atoms with van der Waals surface area (Å²) in [5, 5.41) is 9.89. The van der Waals surface area contributed by atoms with Crippen LogP contribution in [0.15, 0.2) is 24.3 Å². The number of pyridine rings is 1. The average Bonchev–Trinajstić information content (AvgIpc) is 3.06. The third-order valence-electron chi connectivity index (χ3n) is 3.82. The zero-order valence-electron chi connectivity index (χ0n) is 10.5. The molecule has 1 saturated carbocycles. The highest BCUT2D eigenvalue weighted by Gasteiger charge is 2.41. The van der Waals surface area contributed by atoms with E-state index < -0.39 is 5.97 Å². The average molecular weight is 241 g/mol. The van der Waals surface area contributed by atoms with Gasteiger partial charge in [0.05, 0.1) is 11.1 Å².